The number of Topliss-reactive ketones (excluding diaryl/α,β-unsaturated/α-hetero) is 1. The topological polar surface area (TPSA) is 20.3 Å². The highest BCUT2D eigenvalue weighted by Gasteiger charge is 2.30. The Kier molecular flexibility index (Phi) is 5.65. The van der Waals surface area contributed by atoms with E-state index in [1.165, 1.54) is 4.88 Å². The molecule has 112 valence electrons. The SMILES string of the molecule is CC(C)C1CCC(=O)C(CN(C)Cc2ccc(Cl)s2)C1. The van der Waals surface area contributed by atoms with E-state index in [2.05, 4.69) is 31.9 Å². The van der Waals surface area contributed by atoms with Gasteiger partial charge in [-0.3, -0.25) is 4.79 Å². The third kappa shape index (κ3) is 4.31. The molecular formula is C16H24ClNOS. The van der Waals surface area contributed by atoms with Crippen LogP contribution in [0.4, 0.5) is 0 Å². The van der Waals surface area contributed by atoms with Crippen LogP contribution in [0, 0.1) is 17.8 Å². The van der Waals surface area contributed by atoms with Gasteiger partial charge in [0.15, 0.2) is 0 Å². The maximum absolute atomic E-state index is 12.1. The van der Waals surface area contributed by atoms with Crippen molar-refractivity contribution in [3.05, 3.63) is 21.3 Å². The fourth-order valence-corrected chi connectivity index (χ4v) is 4.24. The second-order valence-electron chi connectivity index (χ2n) is 6.34. The highest BCUT2D eigenvalue weighted by molar-refractivity contribution is 7.16. The molecule has 0 aromatic carbocycles. The van der Waals surface area contributed by atoms with Crippen molar-refractivity contribution in [1.29, 1.82) is 0 Å². The van der Waals surface area contributed by atoms with Gasteiger partial charge in [0.25, 0.3) is 0 Å². The van der Waals surface area contributed by atoms with Crippen molar-refractivity contribution in [2.45, 2.75) is 39.7 Å². The second-order valence-corrected chi connectivity index (χ2v) is 8.14. The minimum absolute atomic E-state index is 0.219. The lowest BCUT2D eigenvalue weighted by atomic mass is 9.75. The Balaban J connectivity index is 1.88. The fourth-order valence-electron chi connectivity index (χ4n) is 3.07. The predicted octanol–water partition coefficient (Wildman–Crippen LogP) is 4.47. The maximum atomic E-state index is 12.1. The minimum atomic E-state index is 0.219. The molecule has 0 N–H and O–H groups in total. The molecule has 0 aliphatic heterocycles. The molecule has 1 saturated carbocycles. The van der Waals surface area contributed by atoms with Crippen LogP contribution in [0.15, 0.2) is 12.1 Å². The van der Waals surface area contributed by atoms with E-state index < -0.39 is 0 Å². The Labute approximate surface area is 131 Å². The van der Waals surface area contributed by atoms with Crippen molar-refractivity contribution in [2.24, 2.45) is 17.8 Å². The minimum Gasteiger partial charge on any atom is -0.301 e. The molecule has 2 atom stereocenters. The number of ketones is 1. The number of thiophene rings is 1. The maximum Gasteiger partial charge on any atom is 0.137 e. The van der Waals surface area contributed by atoms with Crippen molar-refractivity contribution < 1.29 is 4.79 Å². The van der Waals surface area contributed by atoms with Gasteiger partial charge in [0.05, 0.1) is 4.34 Å². The summed E-state index contributed by atoms with van der Waals surface area (Å²) >= 11 is 7.58. The highest BCUT2D eigenvalue weighted by Crippen LogP contribution is 2.32. The molecule has 1 aliphatic carbocycles. The van der Waals surface area contributed by atoms with Gasteiger partial charge in [0, 0.05) is 30.3 Å². The lowest BCUT2D eigenvalue weighted by molar-refractivity contribution is -0.126. The van der Waals surface area contributed by atoms with Crippen molar-refractivity contribution in [1.82, 2.24) is 4.90 Å². The van der Waals surface area contributed by atoms with Crippen LogP contribution >= 0.6 is 22.9 Å². The van der Waals surface area contributed by atoms with E-state index >= 15 is 0 Å². The van der Waals surface area contributed by atoms with E-state index in [4.69, 9.17) is 11.6 Å². The van der Waals surface area contributed by atoms with E-state index in [1.807, 2.05) is 6.07 Å². The molecular weight excluding hydrogens is 290 g/mol. The quantitative estimate of drug-likeness (QED) is 0.799. The van der Waals surface area contributed by atoms with Gasteiger partial charge in [-0.15, -0.1) is 11.3 Å². The molecule has 4 heteroatoms. The van der Waals surface area contributed by atoms with Crippen molar-refractivity contribution in [2.75, 3.05) is 13.6 Å². The summed E-state index contributed by atoms with van der Waals surface area (Å²) in [6, 6.07) is 4.01. The molecule has 0 amide bonds. The van der Waals surface area contributed by atoms with Crippen LogP contribution in [0.2, 0.25) is 4.34 Å². The fraction of sp³-hybridized carbons (Fsp3) is 0.688. The van der Waals surface area contributed by atoms with Gasteiger partial charge >= 0.3 is 0 Å². The number of hydrogen-bond acceptors (Lipinski definition) is 3. The summed E-state index contributed by atoms with van der Waals surface area (Å²) in [4.78, 5) is 15.6. The van der Waals surface area contributed by atoms with Gasteiger partial charge in [0.2, 0.25) is 0 Å². The summed E-state index contributed by atoms with van der Waals surface area (Å²) in [5.41, 5.74) is 0. The summed E-state index contributed by atoms with van der Waals surface area (Å²) < 4.78 is 0.835. The molecule has 1 aliphatic rings. The van der Waals surface area contributed by atoms with Gasteiger partial charge in [-0.05, 0) is 43.9 Å². The summed E-state index contributed by atoms with van der Waals surface area (Å²) in [6.07, 6.45) is 2.91. The Hall–Kier alpha value is -0.380. The number of carbonyl (C=O) groups is 1. The van der Waals surface area contributed by atoms with Crippen molar-refractivity contribution in [3.8, 4) is 0 Å². The first kappa shape index (κ1) is 16.0. The molecule has 1 fully saturated rings. The van der Waals surface area contributed by atoms with E-state index in [0.717, 1.165) is 36.7 Å². The zero-order valence-electron chi connectivity index (χ0n) is 12.6. The summed E-state index contributed by atoms with van der Waals surface area (Å²) in [6.45, 7) is 6.30. The van der Waals surface area contributed by atoms with Crippen LogP contribution in [0.5, 0.6) is 0 Å². The van der Waals surface area contributed by atoms with Gasteiger partial charge in [0.1, 0.15) is 5.78 Å². The zero-order valence-corrected chi connectivity index (χ0v) is 14.1. The Morgan fingerprint density at radius 2 is 2.20 bits per heavy atom. The van der Waals surface area contributed by atoms with E-state index in [-0.39, 0.29) is 5.92 Å². The Morgan fingerprint density at radius 1 is 1.45 bits per heavy atom. The summed E-state index contributed by atoms with van der Waals surface area (Å²) in [7, 11) is 2.10. The molecule has 2 unspecified atom stereocenters. The molecule has 2 rings (SSSR count). The smallest absolute Gasteiger partial charge is 0.137 e. The first-order valence-electron chi connectivity index (χ1n) is 7.41. The number of halogens is 1. The average molecular weight is 314 g/mol. The predicted molar refractivity (Wildman–Crippen MR) is 86.3 cm³/mol. The molecule has 0 spiro atoms. The van der Waals surface area contributed by atoms with Crippen LogP contribution in [-0.2, 0) is 11.3 Å². The lowest BCUT2D eigenvalue weighted by Crippen LogP contribution is -2.35. The highest BCUT2D eigenvalue weighted by atomic mass is 35.5. The molecule has 1 heterocycles. The molecule has 2 nitrogen and oxygen atoms in total. The number of rotatable bonds is 5. The third-order valence-corrected chi connectivity index (χ3v) is 5.55. The lowest BCUT2D eigenvalue weighted by Gasteiger charge is -2.32. The van der Waals surface area contributed by atoms with Gasteiger partial charge in [-0.1, -0.05) is 25.4 Å². The summed E-state index contributed by atoms with van der Waals surface area (Å²) in [5.74, 6) is 2.07. The second kappa shape index (κ2) is 7.06. The van der Waals surface area contributed by atoms with E-state index in [1.54, 1.807) is 11.3 Å². The molecule has 0 bridgehead atoms. The van der Waals surface area contributed by atoms with Crippen molar-refractivity contribution >= 4 is 28.7 Å². The molecule has 1 aromatic rings. The van der Waals surface area contributed by atoms with Crippen LogP contribution in [-0.4, -0.2) is 24.3 Å². The molecule has 20 heavy (non-hydrogen) atoms. The molecule has 0 radical (unpaired) electrons. The van der Waals surface area contributed by atoms with Crippen LogP contribution in [0.3, 0.4) is 0 Å². The average Bonchev–Trinajstić information content (AvgIpc) is 2.77. The van der Waals surface area contributed by atoms with Crippen LogP contribution < -0.4 is 0 Å². The third-order valence-electron chi connectivity index (χ3n) is 4.33. The van der Waals surface area contributed by atoms with Crippen LogP contribution in [0.1, 0.15) is 38.0 Å². The van der Waals surface area contributed by atoms with Gasteiger partial charge in [-0.2, -0.15) is 0 Å². The molecule has 0 saturated heterocycles. The Morgan fingerprint density at radius 3 is 2.80 bits per heavy atom. The zero-order chi connectivity index (χ0) is 14.7. The van der Waals surface area contributed by atoms with E-state index in [0.29, 0.717) is 17.6 Å². The first-order valence-corrected chi connectivity index (χ1v) is 8.60. The largest absolute Gasteiger partial charge is 0.301 e. The standard InChI is InChI=1S/C16H24ClNOS/c1-11(2)12-4-6-15(19)13(8-12)9-18(3)10-14-5-7-16(17)20-14/h5,7,11-13H,4,6,8-10H2,1-3H3. The monoisotopic (exact) mass is 313 g/mol. The van der Waals surface area contributed by atoms with Gasteiger partial charge in [-0.25, -0.2) is 0 Å². The summed E-state index contributed by atoms with van der Waals surface area (Å²) in [5, 5.41) is 0. The number of hydrogen-bond donors (Lipinski definition) is 0. The number of nitrogens with zero attached hydrogens (tertiary/aromatic N) is 1. The first-order chi connectivity index (χ1) is 9.45. The van der Waals surface area contributed by atoms with E-state index in [9.17, 15) is 4.79 Å². The Bertz CT molecular complexity index is 457. The molecule has 1 aromatic heterocycles. The van der Waals surface area contributed by atoms with Crippen LogP contribution in [0.25, 0.3) is 0 Å². The normalized spacial score (nSPS) is 23.8. The van der Waals surface area contributed by atoms with Crippen molar-refractivity contribution in [3.63, 3.8) is 0 Å². The number of carbonyl (C=O) groups excluding carboxylic acids is 1. The van der Waals surface area contributed by atoms with Gasteiger partial charge < -0.3 is 4.90 Å².